The summed E-state index contributed by atoms with van der Waals surface area (Å²) in [6.07, 6.45) is 1.47. The van der Waals surface area contributed by atoms with Crippen LogP contribution in [0.1, 0.15) is 23.2 Å². The first-order chi connectivity index (χ1) is 8.11. The molecular formula is C11H10Cl2N2OS. The minimum Gasteiger partial charge on any atom is -0.338 e. The van der Waals surface area contributed by atoms with Crippen molar-refractivity contribution in [2.45, 2.75) is 12.8 Å². The first kappa shape index (κ1) is 12.7. The van der Waals surface area contributed by atoms with E-state index in [0.717, 1.165) is 12.8 Å². The molecule has 6 heteroatoms. The van der Waals surface area contributed by atoms with E-state index < -0.39 is 0 Å². The Morgan fingerprint density at radius 2 is 2.12 bits per heavy atom. The zero-order chi connectivity index (χ0) is 12.4. The van der Waals surface area contributed by atoms with Gasteiger partial charge in [-0.3, -0.25) is 4.79 Å². The summed E-state index contributed by atoms with van der Waals surface area (Å²) in [7, 11) is 0. The van der Waals surface area contributed by atoms with Crippen molar-refractivity contribution < 1.29 is 4.79 Å². The van der Waals surface area contributed by atoms with Gasteiger partial charge in [-0.1, -0.05) is 23.2 Å². The highest BCUT2D eigenvalue weighted by Crippen LogP contribution is 2.32. The number of amides is 1. The molecule has 90 valence electrons. The number of nitrogens with zero attached hydrogens (tertiary/aromatic N) is 2. The normalized spacial score (nSPS) is 16.9. The second kappa shape index (κ2) is 5.26. The van der Waals surface area contributed by atoms with Crippen LogP contribution < -0.4 is 0 Å². The Balaban J connectivity index is 2.07. The molecule has 0 aromatic carbocycles. The second-order valence-corrected chi connectivity index (χ2v) is 6.22. The summed E-state index contributed by atoms with van der Waals surface area (Å²) in [5.41, 5.74) is 0.470. The predicted octanol–water partition coefficient (Wildman–Crippen LogP) is 3.43. The number of nitriles is 1. The summed E-state index contributed by atoms with van der Waals surface area (Å²) < 4.78 is 0.952. The van der Waals surface area contributed by atoms with Crippen molar-refractivity contribution in [1.82, 2.24) is 4.90 Å². The fourth-order valence-electron chi connectivity index (χ4n) is 1.87. The van der Waals surface area contributed by atoms with Crippen LogP contribution in [0.25, 0.3) is 0 Å². The van der Waals surface area contributed by atoms with E-state index in [1.54, 1.807) is 11.0 Å². The van der Waals surface area contributed by atoms with Crippen molar-refractivity contribution in [2.24, 2.45) is 5.92 Å². The maximum absolute atomic E-state index is 12.1. The monoisotopic (exact) mass is 288 g/mol. The third-order valence-electron chi connectivity index (χ3n) is 2.85. The lowest BCUT2D eigenvalue weighted by Gasteiger charge is -2.28. The maximum Gasteiger partial charge on any atom is 0.256 e. The fraction of sp³-hybridized carbons (Fsp3) is 0.455. The topological polar surface area (TPSA) is 44.1 Å². The van der Waals surface area contributed by atoms with E-state index in [4.69, 9.17) is 28.5 Å². The van der Waals surface area contributed by atoms with Crippen molar-refractivity contribution in [3.8, 4) is 6.07 Å². The molecule has 0 saturated carbocycles. The first-order valence-corrected chi connectivity index (χ1v) is 6.82. The van der Waals surface area contributed by atoms with Crippen molar-refractivity contribution >= 4 is 40.4 Å². The van der Waals surface area contributed by atoms with Gasteiger partial charge >= 0.3 is 0 Å². The zero-order valence-corrected chi connectivity index (χ0v) is 11.3. The Morgan fingerprint density at radius 3 is 2.59 bits per heavy atom. The number of hydrogen-bond donors (Lipinski definition) is 0. The second-order valence-electron chi connectivity index (χ2n) is 3.93. The van der Waals surface area contributed by atoms with E-state index in [0.29, 0.717) is 27.3 Å². The highest BCUT2D eigenvalue weighted by atomic mass is 35.5. The van der Waals surface area contributed by atoms with Gasteiger partial charge in [-0.15, -0.1) is 11.3 Å². The summed E-state index contributed by atoms with van der Waals surface area (Å²) >= 11 is 13.0. The molecule has 1 aromatic heterocycles. The molecule has 0 spiro atoms. The third kappa shape index (κ3) is 2.74. The molecule has 1 saturated heterocycles. The highest BCUT2D eigenvalue weighted by molar-refractivity contribution is 7.20. The molecule has 0 N–H and O–H groups in total. The van der Waals surface area contributed by atoms with Crippen LogP contribution in [0.5, 0.6) is 0 Å². The number of carbonyl (C=O) groups is 1. The van der Waals surface area contributed by atoms with Crippen LogP contribution in [-0.2, 0) is 0 Å². The molecule has 1 aromatic rings. The van der Waals surface area contributed by atoms with Crippen LogP contribution in [0.4, 0.5) is 0 Å². The average Bonchev–Trinajstić information content (AvgIpc) is 2.68. The van der Waals surface area contributed by atoms with Gasteiger partial charge in [0.2, 0.25) is 0 Å². The van der Waals surface area contributed by atoms with E-state index in [9.17, 15) is 4.79 Å². The molecule has 0 aliphatic carbocycles. The number of carbonyl (C=O) groups excluding carboxylic acids is 1. The van der Waals surface area contributed by atoms with Gasteiger partial charge in [0, 0.05) is 19.0 Å². The van der Waals surface area contributed by atoms with E-state index >= 15 is 0 Å². The summed E-state index contributed by atoms with van der Waals surface area (Å²) in [4.78, 5) is 13.9. The SMILES string of the molecule is N#CC1CCN(C(=O)c2cc(Cl)sc2Cl)CC1. The molecule has 0 atom stereocenters. The lowest BCUT2D eigenvalue weighted by atomic mass is 9.98. The van der Waals surface area contributed by atoms with Crippen LogP contribution in [0, 0.1) is 17.2 Å². The van der Waals surface area contributed by atoms with Crippen LogP contribution in [0.2, 0.25) is 8.67 Å². The summed E-state index contributed by atoms with van der Waals surface area (Å²) in [5, 5.41) is 8.79. The minimum atomic E-state index is -0.0884. The van der Waals surface area contributed by atoms with Gasteiger partial charge in [-0.25, -0.2) is 0 Å². The van der Waals surface area contributed by atoms with Crippen LogP contribution >= 0.6 is 34.5 Å². The van der Waals surface area contributed by atoms with Crippen LogP contribution in [0.3, 0.4) is 0 Å². The molecule has 3 nitrogen and oxygen atoms in total. The molecule has 2 rings (SSSR count). The van der Waals surface area contributed by atoms with E-state index in [1.807, 2.05) is 0 Å². The number of thiophene rings is 1. The molecular weight excluding hydrogens is 279 g/mol. The standard InChI is InChI=1S/C11H10Cl2N2OS/c12-9-5-8(10(13)17-9)11(16)15-3-1-7(6-14)2-4-15/h5,7H,1-4H2. The van der Waals surface area contributed by atoms with Crippen LogP contribution in [-0.4, -0.2) is 23.9 Å². The van der Waals surface area contributed by atoms with Gasteiger partial charge in [0.05, 0.1) is 16.0 Å². The van der Waals surface area contributed by atoms with Gasteiger partial charge in [0.25, 0.3) is 5.91 Å². The molecule has 0 unspecified atom stereocenters. The number of rotatable bonds is 1. The molecule has 2 heterocycles. The average molecular weight is 289 g/mol. The lowest BCUT2D eigenvalue weighted by Crippen LogP contribution is -2.38. The highest BCUT2D eigenvalue weighted by Gasteiger charge is 2.25. The molecule has 1 aliphatic rings. The van der Waals surface area contributed by atoms with Crippen LogP contribution in [0.15, 0.2) is 6.07 Å². The van der Waals surface area contributed by atoms with E-state index in [2.05, 4.69) is 6.07 Å². The smallest absolute Gasteiger partial charge is 0.256 e. The molecule has 1 amide bonds. The van der Waals surface area contributed by atoms with Crippen molar-refractivity contribution in [3.05, 3.63) is 20.3 Å². The summed E-state index contributed by atoms with van der Waals surface area (Å²) in [5.74, 6) is -0.0184. The van der Waals surface area contributed by atoms with Crippen molar-refractivity contribution in [1.29, 1.82) is 5.26 Å². The molecule has 17 heavy (non-hydrogen) atoms. The van der Waals surface area contributed by atoms with Crippen molar-refractivity contribution in [3.63, 3.8) is 0 Å². The Bertz CT molecular complexity index is 472. The summed E-state index contributed by atoms with van der Waals surface area (Å²) in [6.45, 7) is 1.22. The quantitative estimate of drug-likeness (QED) is 0.795. The molecule has 1 aliphatic heterocycles. The van der Waals surface area contributed by atoms with E-state index in [1.165, 1.54) is 11.3 Å². The number of piperidine rings is 1. The number of hydrogen-bond acceptors (Lipinski definition) is 3. The molecule has 0 bridgehead atoms. The summed E-state index contributed by atoms with van der Waals surface area (Å²) in [6, 6.07) is 3.84. The largest absolute Gasteiger partial charge is 0.338 e. The molecule has 1 fully saturated rings. The Hall–Kier alpha value is -0.760. The first-order valence-electron chi connectivity index (χ1n) is 5.25. The lowest BCUT2D eigenvalue weighted by molar-refractivity contribution is 0.0708. The fourth-order valence-corrected chi connectivity index (χ4v) is 3.32. The third-order valence-corrected chi connectivity index (χ3v) is 4.34. The van der Waals surface area contributed by atoms with Gasteiger partial charge in [-0.05, 0) is 18.9 Å². The van der Waals surface area contributed by atoms with Crippen molar-refractivity contribution in [2.75, 3.05) is 13.1 Å². The Morgan fingerprint density at radius 1 is 1.47 bits per heavy atom. The maximum atomic E-state index is 12.1. The van der Waals surface area contributed by atoms with Gasteiger partial charge in [0.1, 0.15) is 4.34 Å². The zero-order valence-electron chi connectivity index (χ0n) is 8.95. The predicted molar refractivity (Wildman–Crippen MR) is 68.6 cm³/mol. The minimum absolute atomic E-state index is 0.0700. The van der Waals surface area contributed by atoms with Gasteiger partial charge in [-0.2, -0.15) is 5.26 Å². The molecule has 0 radical (unpaired) electrons. The van der Waals surface area contributed by atoms with Gasteiger partial charge < -0.3 is 4.90 Å². The van der Waals surface area contributed by atoms with Gasteiger partial charge in [0.15, 0.2) is 0 Å². The Kier molecular flexibility index (Phi) is 3.93. The number of halogens is 2. The Labute approximate surface area is 114 Å². The number of likely N-dealkylation sites (tertiary alicyclic amines) is 1. The van der Waals surface area contributed by atoms with E-state index in [-0.39, 0.29) is 11.8 Å².